The average Bonchev–Trinajstić information content (AvgIpc) is 3.30. The SMILES string of the molecule is O=C(NCCC1CCN(c2ccncc2)CC1)c1cccc(-c2nc3ccccc3o2)c1. The van der Waals surface area contributed by atoms with Crippen LogP contribution in [0.1, 0.15) is 29.6 Å². The number of hydrogen-bond acceptors (Lipinski definition) is 5. The number of amides is 1. The van der Waals surface area contributed by atoms with Crippen LogP contribution in [-0.4, -0.2) is 35.5 Å². The molecule has 6 nitrogen and oxygen atoms in total. The highest BCUT2D eigenvalue weighted by Gasteiger charge is 2.19. The number of para-hydroxylation sites is 2. The number of carbonyl (C=O) groups is 1. The van der Waals surface area contributed by atoms with E-state index in [4.69, 9.17) is 4.42 Å². The summed E-state index contributed by atoms with van der Waals surface area (Å²) in [6.45, 7) is 2.79. The minimum Gasteiger partial charge on any atom is -0.436 e. The van der Waals surface area contributed by atoms with Crippen LogP contribution in [0, 0.1) is 5.92 Å². The lowest BCUT2D eigenvalue weighted by molar-refractivity contribution is 0.0950. The quantitative estimate of drug-likeness (QED) is 0.474. The third-order valence-electron chi connectivity index (χ3n) is 6.15. The van der Waals surface area contributed by atoms with Gasteiger partial charge >= 0.3 is 0 Å². The molecule has 1 aliphatic rings. The van der Waals surface area contributed by atoms with Gasteiger partial charge < -0.3 is 14.6 Å². The highest BCUT2D eigenvalue weighted by Crippen LogP contribution is 2.26. The molecule has 4 aromatic rings. The fraction of sp³-hybridized carbons (Fsp3) is 0.269. The second kappa shape index (κ2) is 9.22. The maximum Gasteiger partial charge on any atom is 0.251 e. The van der Waals surface area contributed by atoms with E-state index < -0.39 is 0 Å². The molecule has 0 radical (unpaired) electrons. The molecule has 1 N–H and O–H groups in total. The second-order valence-electron chi connectivity index (χ2n) is 8.25. The number of nitrogens with zero attached hydrogens (tertiary/aromatic N) is 3. The third kappa shape index (κ3) is 4.49. The normalized spacial score (nSPS) is 14.6. The summed E-state index contributed by atoms with van der Waals surface area (Å²) in [7, 11) is 0. The van der Waals surface area contributed by atoms with Crippen LogP contribution >= 0.6 is 0 Å². The summed E-state index contributed by atoms with van der Waals surface area (Å²) in [5.74, 6) is 1.11. The lowest BCUT2D eigenvalue weighted by Crippen LogP contribution is -2.35. The number of pyridine rings is 1. The average molecular weight is 427 g/mol. The van der Waals surface area contributed by atoms with Gasteiger partial charge in [0.05, 0.1) is 0 Å². The van der Waals surface area contributed by atoms with E-state index in [-0.39, 0.29) is 5.91 Å². The van der Waals surface area contributed by atoms with E-state index in [9.17, 15) is 4.79 Å². The van der Waals surface area contributed by atoms with Crippen LogP contribution in [0.5, 0.6) is 0 Å². The summed E-state index contributed by atoms with van der Waals surface area (Å²) in [5.41, 5.74) is 4.22. The van der Waals surface area contributed by atoms with Crippen molar-refractivity contribution in [3.63, 3.8) is 0 Å². The summed E-state index contributed by atoms with van der Waals surface area (Å²) in [4.78, 5) is 23.7. The van der Waals surface area contributed by atoms with E-state index in [0.29, 0.717) is 23.9 Å². The number of benzene rings is 2. The summed E-state index contributed by atoms with van der Waals surface area (Å²) < 4.78 is 5.84. The van der Waals surface area contributed by atoms with Gasteiger partial charge in [-0.2, -0.15) is 0 Å². The summed E-state index contributed by atoms with van der Waals surface area (Å²) in [6, 6.07) is 19.2. The summed E-state index contributed by atoms with van der Waals surface area (Å²) >= 11 is 0. The number of aromatic nitrogens is 2. The van der Waals surface area contributed by atoms with Crippen molar-refractivity contribution in [1.82, 2.24) is 15.3 Å². The summed E-state index contributed by atoms with van der Waals surface area (Å²) in [6.07, 6.45) is 6.98. The van der Waals surface area contributed by atoms with Crippen LogP contribution in [0.15, 0.2) is 77.5 Å². The first-order valence-electron chi connectivity index (χ1n) is 11.2. The molecule has 0 bridgehead atoms. The van der Waals surface area contributed by atoms with Gasteiger partial charge in [-0.3, -0.25) is 9.78 Å². The molecule has 0 atom stereocenters. The molecule has 162 valence electrons. The minimum absolute atomic E-state index is 0.0582. The molecule has 32 heavy (non-hydrogen) atoms. The first-order valence-corrected chi connectivity index (χ1v) is 11.2. The smallest absolute Gasteiger partial charge is 0.251 e. The Hall–Kier alpha value is -3.67. The van der Waals surface area contributed by atoms with Gasteiger partial charge in [0, 0.05) is 48.8 Å². The molecule has 1 aliphatic heterocycles. The van der Waals surface area contributed by atoms with E-state index in [1.54, 1.807) is 0 Å². The zero-order valence-electron chi connectivity index (χ0n) is 17.9. The Morgan fingerprint density at radius 1 is 1.03 bits per heavy atom. The maximum atomic E-state index is 12.7. The Morgan fingerprint density at radius 3 is 2.66 bits per heavy atom. The van der Waals surface area contributed by atoms with E-state index in [2.05, 4.69) is 32.3 Å². The Morgan fingerprint density at radius 2 is 1.84 bits per heavy atom. The second-order valence-corrected chi connectivity index (χ2v) is 8.25. The van der Waals surface area contributed by atoms with E-state index in [0.717, 1.165) is 49.0 Å². The molecule has 0 saturated carbocycles. The van der Waals surface area contributed by atoms with Crippen LogP contribution in [0.25, 0.3) is 22.6 Å². The molecule has 6 heteroatoms. The fourth-order valence-corrected chi connectivity index (χ4v) is 4.32. The van der Waals surface area contributed by atoms with Crippen LogP contribution in [0.3, 0.4) is 0 Å². The van der Waals surface area contributed by atoms with Crippen LogP contribution in [0.4, 0.5) is 5.69 Å². The highest BCUT2D eigenvalue weighted by atomic mass is 16.3. The predicted octanol–water partition coefficient (Wildman–Crippen LogP) is 4.93. The highest BCUT2D eigenvalue weighted by molar-refractivity contribution is 5.95. The Kier molecular flexibility index (Phi) is 5.83. The fourth-order valence-electron chi connectivity index (χ4n) is 4.32. The van der Waals surface area contributed by atoms with Crippen molar-refractivity contribution in [3.05, 3.63) is 78.6 Å². The zero-order valence-corrected chi connectivity index (χ0v) is 17.9. The van der Waals surface area contributed by atoms with Crippen LogP contribution in [0.2, 0.25) is 0 Å². The number of oxazole rings is 1. The lowest BCUT2D eigenvalue weighted by atomic mass is 9.93. The minimum atomic E-state index is -0.0582. The van der Waals surface area contributed by atoms with Crippen molar-refractivity contribution in [2.24, 2.45) is 5.92 Å². The molecule has 0 spiro atoms. The number of piperidine rings is 1. The Labute approximate surface area is 187 Å². The van der Waals surface area contributed by atoms with Crippen molar-refractivity contribution in [1.29, 1.82) is 0 Å². The molecular formula is C26H26N4O2. The van der Waals surface area contributed by atoms with Gasteiger partial charge in [0.15, 0.2) is 5.58 Å². The van der Waals surface area contributed by atoms with Crippen LogP contribution < -0.4 is 10.2 Å². The zero-order chi connectivity index (χ0) is 21.8. The van der Waals surface area contributed by atoms with E-state index in [1.807, 2.05) is 60.9 Å². The van der Waals surface area contributed by atoms with E-state index in [1.165, 1.54) is 5.69 Å². The first-order chi connectivity index (χ1) is 15.8. The van der Waals surface area contributed by atoms with Gasteiger partial charge in [0.25, 0.3) is 5.91 Å². The van der Waals surface area contributed by atoms with Gasteiger partial charge in [-0.25, -0.2) is 4.98 Å². The summed E-state index contributed by atoms with van der Waals surface area (Å²) in [5, 5.41) is 3.08. The van der Waals surface area contributed by atoms with Crippen molar-refractivity contribution in [2.45, 2.75) is 19.3 Å². The Balaban J connectivity index is 1.14. The molecule has 1 amide bonds. The van der Waals surface area contributed by atoms with Gasteiger partial charge in [-0.1, -0.05) is 18.2 Å². The number of carbonyl (C=O) groups excluding carboxylic acids is 1. The van der Waals surface area contributed by atoms with Gasteiger partial charge in [-0.05, 0) is 67.6 Å². The number of fused-ring (bicyclic) bond motifs is 1. The lowest BCUT2D eigenvalue weighted by Gasteiger charge is -2.33. The third-order valence-corrected chi connectivity index (χ3v) is 6.15. The topological polar surface area (TPSA) is 71.3 Å². The van der Waals surface area contributed by atoms with Crippen molar-refractivity contribution >= 4 is 22.7 Å². The van der Waals surface area contributed by atoms with Gasteiger partial charge in [-0.15, -0.1) is 0 Å². The number of anilines is 1. The number of hydrogen-bond donors (Lipinski definition) is 1. The standard InChI is InChI=1S/C26H26N4O2/c31-25(28-15-8-19-11-16-30(17-12-19)22-9-13-27-14-10-22)20-4-3-5-21(18-20)26-29-23-6-1-2-7-24(23)32-26/h1-7,9-10,13-14,18-19H,8,11-12,15-17H2,(H,28,31). The molecule has 2 aromatic carbocycles. The number of nitrogens with one attached hydrogen (secondary N) is 1. The molecule has 1 saturated heterocycles. The molecule has 2 aromatic heterocycles. The number of rotatable bonds is 6. The molecular weight excluding hydrogens is 400 g/mol. The molecule has 0 aliphatic carbocycles. The molecule has 3 heterocycles. The Bertz CT molecular complexity index is 1160. The largest absolute Gasteiger partial charge is 0.436 e. The predicted molar refractivity (Wildman–Crippen MR) is 126 cm³/mol. The van der Waals surface area contributed by atoms with Crippen molar-refractivity contribution < 1.29 is 9.21 Å². The molecule has 1 fully saturated rings. The first kappa shape index (κ1) is 20.2. The van der Waals surface area contributed by atoms with Gasteiger partial charge in [0.2, 0.25) is 5.89 Å². The monoisotopic (exact) mass is 426 g/mol. The van der Waals surface area contributed by atoms with Gasteiger partial charge in [0.1, 0.15) is 5.52 Å². The molecule has 5 rings (SSSR count). The van der Waals surface area contributed by atoms with Crippen molar-refractivity contribution in [3.8, 4) is 11.5 Å². The van der Waals surface area contributed by atoms with Crippen LogP contribution in [-0.2, 0) is 0 Å². The van der Waals surface area contributed by atoms with E-state index >= 15 is 0 Å². The maximum absolute atomic E-state index is 12.7. The molecule has 0 unspecified atom stereocenters. The van der Waals surface area contributed by atoms with Crippen molar-refractivity contribution in [2.75, 3.05) is 24.5 Å².